The summed E-state index contributed by atoms with van der Waals surface area (Å²) in [6, 6.07) is 5.63. The SMILES string of the molecule is COc1cccc2c1OCC(Nc1c([N+](=O)[O-])ncn1C)C2. The van der Waals surface area contributed by atoms with Gasteiger partial charge in [-0.1, -0.05) is 12.1 Å². The van der Waals surface area contributed by atoms with Crippen LogP contribution in [0.3, 0.4) is 0 Å². The second-order valence-electron chi connectivity index (χ2n) is 5.09. The summed E-state index contributed by atoms with van der Waals surface area (Å²) in [7, 11) is 3.31. The smallest absolute Gasteiger partial charge is 0.406 e. The number of ether oxygens (including phenoxy) is 2. The average molecular weight is 304 g/mol. The van der Waals surface area contributed by atoms with Crippen LogP contribution in [0.4, 0.5) is 11.6 Å². The highest BCUT2D eigenvalue weighted by atomic mass is 16.6. The van der Waals surface area contributed by atoms with Gasteiger partial charge in [0, 0.05) is 12.6 Å². The number of rotatable bonds is 4. The largest absolute Gasteiger partial charge is 0.493 e. The first-order valence-electron chi connectivity index (χ1n) is 6.81. The van der Waals surface area contributed by atoms with Gasteiger partial charge in [-0.2, -0.15) is 0 Å². The third-order valence-electron chi connectivity index (χ3n) is 3.61. The highest BCUT2D eigenvalue weighted by molar-refractivity contribution is 5.54. The molecule has 3 rings (SSSR count). The number of hydrogen-bond acceptors (Lipinski definition) is 6. The lowest BCUT2D eigenvalue weighted by Crippen LogP contribution is -2.34. The normalized spacial score (nSPS) is 16.5. The predicted molar refractivity (Wildman–Crippen MR) is 79.5 cm³/mol. The Morgan fingerprint density at radius 1 is 1.55 bits per heavy atom. The maximum Gasteiger partial charge on any atom is 0.406 e. The lowest BCUT2D eigenvalue weighted by atomic mass is 10.0. The molecular weight excluding hydrogens is 288 g/mol. The van der Waals surface area contributed by atoms with Gasteiger partial charge < -0.3 is 24.9 Å². The van der Waals surface area contributed by atoms with Crippen molar-refractivity contribution in [3.8, 4) is 11.5 Å². The van der Waals surface area contributed by atoms with Crippen molar-refractivity contribution in [1.29, 1.82) is 0 Å². The van der Waals surface area contributed by atoms with Crippen molar-refractivity contribution >= 4 is 11.6 Å². The molecule has 8 heteroatoms. The molecule has 1 unspecified atom stereocenters. The van der Waals surface area contributed by atoms with Crippen molar-refractivity contribution < 1.29 is 14.4 Å². The molecule has 116 valence electrons. The van der Waals surface area contributed by atoms with E-state index in [2.05, 4.69) is 10.3 Å². The summed E-state index contributed by atoms with van der Waals surface area (Å²) < 4.78 is 12.6. The van der Waals surface area contributed by atoms with Crippen molar-refractivity contribution in [2.24, 2.45) is 7.05 Å². The molecule has 1 aliphatic rings. The molecule has 8 nitrogen and oxygen atoms in total. The number of aryl methyl sites for hydroxylation is 1. The Morgan fingerprint density at radius 3 is 3.09 bits per heavy atom. The van der Waals surface area contributed by atoms with E-state index in [4.69, 9.17) is 9.47 Å². The summed E-state index contributed by atoms with van der Waals surface area (Å²) in [5.74, 6) is 1.63. The summed E-state index contributed by atoms with van der Waals surface area (Å²) in [4.78, 5) is 14.3. The van der Waals surface area contributed by atoms with Crippen molar-refractivity contribution in [1.82, 2.24) is 9.55 Å². The molecule has 1 aromatic heterocycles. The van der Waals surface area contributed by atoms with Gasteiger partial charge in [-0.15, -0.1) is 0 Å². The van der Waals surface area contributed by atoms with E-state index in [1.165, 1.54) is 6.33 Å². The zero-order chi connectivity index (χ0) is 15.7. The molecule has 0 spiro atoms. The quantitative estimate of drug-likeness (QED) is 0.683. The van der Waals surface area contributed by atoms with E-state index < -0.39 is 4.92 Å². The fourth-order valence-electron chi connectivity index (χ4n) is 2.56. The molecule has 0 aliphatic carbocycles. The third-order valence-corrected chi connectivity index (χ3v) is 3.61. The van der Waals surface area contributed by atoms with E-state index >= 15 is 0 Å². The van der Waals surface area contributed by atoms with Crippen molar-refractivity contribution in [2.45, 2.75) is 12.5 Å². The minimum absolute atomic E-state index is 0.0753. The number of imidazole rings is 1. The monoisotopic (exact) mass is 304 g/mol. The number of benzene rings is 1. The van der Waals surface area contributed by atoms with Crippen molar-refractivity contribution in [3.63, 3.8) is 0 Å². The lowest BCUT2D eigenvalue weighted by Gasteiger charge is -2.27. The van der Waals surface area contributed by atoms with Crippen LogP contribution in [0.2, 0.25) is 0 Å². The molecular formula is C14H16N4O4. The molecule has 0 saturated carbocycles. The van der Waals surface area contributed by atoms with Crippen LogP contribution in [0.15, 0.2) is 24.5 Å². The molecule has 1 aliphatic heterocycles. The standard InChI is InChI=1S/C14H16N4O4/c1-17-8-15-13(18(19)20)14(17)16-10-6-9-4-3-5-11(21-2)12(9)22-7-10/h3-5,8,10,16H,6-7H2,1-2H3. The van der Waals surface area contributed by atoms with Gasteiger partial charge in [0.1, 0.15) is 6.61 Å². The van der Waals surface area contributed by atoms with Crippen LogP contribution < -0.4 is 14.8 Å². The number of nitrogens with zero attached hydrogens (tertiary/aromatic N) is 3. The van der Waals surface area contributed by atoms with Gasteiger partial charge >= 0.3 is 5.82 Å². The Morgan fingerprint density at radius 2 is 2.36 bits per heavy atom. The maximum absolute atomic E-state index is 11.0. The van der Waals surface area contributed by atoms with Gasteiger partial charge in [0.2, 0.25) is 12.1 Å². The Hall–Kier alpha value is -2.77. The first-order valence-corrected chi connectivity index (χ1v) is 6.81. The van der Waals surface area contributed by atoms with Crippen LogP contribution in [0.5, 0.6) is 11.5 Å². The fraction of sp³-hybridized carbons (Fsp3) is 0.357. The number of anilines is 1. The molecule has 0 radical (unpaired) electrons. The van der Waals surface area contributed by atoms with Gasteiger partial charge in [-0.05, 0) is 22.4 Å². The second kappa shape index (κ2) is 5.55. The van der Waals surface area contributed by atoms with Gasteiger partial charge in [0.15, 0.2) is 11.5 Å². The molecule has 0 bridgehead atoms. The van der Waals surface area contributed by atoms with Crippen LogP contribution in [-0.2, 0) is 13.5 Å². The topological polar surface area (TPSA) is 91.4 Å². The van der Waals surface area contributed by atoms with Crippen LogP contribution in [-0.4, -0.2) is 34.2 Å². The fourth-order valence-corrected chi connectivity index (χ4v) is 2.56. The van der Waals surface area contributed by atoms with E-state index in [0.29, 0.717) is 24.6 Å². The zero-order valence-corrected chi connectivity index (χ0v) is 12.3. The molecule has 22 heavy (non-hydrogen) atoms. The number of hydrogen-bond donors (Lipinski definition) is 1. The molecule has 1 atom stereocenters. The van der Waals surface area contributed by atoms with Crippen LogP contribution in [0, 0.1) is 10.1 Å². The molecule has 1 aromatic carbocycles. The van der Waals surface area contributed by atoms with Crippen LogP contribution in [0.25, 0.3) is 0 Å². The number of methoxy groups -OCH3 is 1. The summed E-state index contributed by atoms with van der Waals surface area (Å²) in [6.45, 7) is 0.399. The Bertz CT molecular complexity index is 713. The molecule has 0 amide bonds. The Balaban J connectivity index is 1.82. The third kappa shape index (κ3) is 2.43. The van der Waals surface area contributed by atoms with E-state index in [1.807, 2.05) is 18.2 Å². The number of nitrogens with one attached hydrogen (secondary N) is 1. The molecule has 2 heterocycles. The average Bonchev–Trinajstić information content (AvgIpc) is 2.87. The van der Waals surface area contributed by atoms with E-state index in [9.17, 15) is 10.1 Å². The Kier molecular flexibility index (Phi) is 3.58. The number of nitro groups is 1. The zero-order valence-electron chi connectivity index (χ0n) is 12.3. The molecule has 1 N–H and O–H groups in total. The Labute approximate surface area is 126 Å². The summed E-state index contributed by atoms with van der Waals surface area (Å²) in [5, 5.41) is 14.2. The molecule has 0 saturated heterocycles. The van der Waals surface area contributed by atoms with Crippen molar-refractivity contribution in [3.05, 3.63) is 40.2 Å². The summed E-state index contributed by atoms with van der Waals surface area (Å²) in [5.41, 5.74) is 1.01. The highest BCUT2D eigenvalue weighted by Crippen LogP contribution is 2.35. The van der Waals surface area contributed by atoms with E-state index in [-0.39, 0.29) is 11.9 Å². The minimum Gasteiger partial charge on any atom is -0.493 e. The number of para-hydroxylation sites is 1. The highest BCUT2D eigenvalue weighted by Gasteiger charge is 2.27. The first kappa shape index (κ1) is 14.2. The van der Waals surface area contributed by atoms with E-state index in [0.717, 1.165) is 11.3 Å². The van der Waals surface area contributed by atoms with Gasteiger partial charge in [-0.3, -0.25) is 4.57 Å². The number of fused-ring (bicyclic) bond motifs is 1. The van der Waals surface area contributed by atoms with Crippen LogP contribution in [0.1, 0.15) is 5.56 Å². The summed E-state index contributed by atoms with van der Waals surface area (Å²) in [6.07, 6.45) is 2.11. The lowest BCUT2D eigenvalue weighted by molar-refractivity contribution is -0.388. The maximum atomic E-state index is 11.0. The first-order chi connectivity index (χ1) is 10.6. The van der Waals surface area contributed by atoms with Crippen LogP contribution >= 0.6 is 0 Å². The second-order valence-corrected chi connectivity index (χ2v) is 5.09. The van der Waals surface area contributed by atoms with E-state index in [1.54, 1.807) is 18.7 Å². The van der Waals surface area contributed by atoms with Gasteiger partial charge in [-0.25, -0.2) is 0 Å². The predicted octanol–water partition coefficient (Wildman–Crippen LogP) is 1.75. The van der Waals surface area contributed by atoms with Gasteiger partial charge in [0.05, 0.1) is 13.2 Å². The van der Waals surface area contributed by atoms with Gasteiger partial charge in [0.25, 0.3) is 0 Å². The van der Waals surface area contributed by atoms with Crippen molar-refractivity contribution in [2.75, 3.05) is 19.0 Å². The molecule has 2 aromatic rings. The molecule has 0 fully saturated rings. The summed E-state index contributed by atoms with van der Waals surface area (Å²) >= 11 is 0. The minimum atomic E-state index is -0.497. The number of aromatic nitrogens is 2.